The van der Waals surface area contributed by atoms with Crippen molar-refractivity contribution in [2.24, 2.45) is 11.1 Å². The normalized spacial score (nSPS) is 27.8. The largest absolute Gasteiger partial charge is 0.486 e. The Bertz CT molecular complexity index is 1060. The number of carbonyl (C=O) groups is 1. The summed E-state index contributed by atoms with van der Waals surface area (Å²) >= 11 is 0. The Hall–Kier alpha value is -2.61. The lowest BCUT2D eigenvalue weighted by Crippen LogP contribution is -2.47. The van der Waals surface area contributed by atoms with Gasteiger partial charge in [-0.15, -0.1) is 0 Å². The number of benzene rings is 1. The number of nitrogens with two attached hydrogens (primary N) is 1. The van der Waals surface area contributed by atoms with Gasteiger partial charge in [-0.2, -0.15) is 0 Å². The second kappa shape index (κ2) is 5.01. The number of rotatable bonds is 2. The van der Waals surface area contributed by atoms with E-state index in [1.54, 1.807) is 0 Å². The van der Waals surface area contributed by atoms with E-state index in [0.717, 1.165) is 12.8 Å². The fourth-order valence-corrected chi connectivity index (χ4v) is 4.48. The summed E-state index contributed by atoms with van der Waals surface area (Å²) in [5.74, 6) is -1.40. The predicted molar refractivity (Wildman–Crippen MR) is 96.8 cm³/mol. The van der Waals surface area contributed by atoms with Crippen LogP contribution in [-0.2, 0) is 10.3 Å². The van der Waals surface area contributed by atoms with Gasteiger partial charge >= 0.3 is 5.97 Å². The fourth-order valence-electron chi connectivity index (χ4n) is 4.48. The van der Waals surface area contributed by atoms with Crippen LogP contribution in [0, 0.1) is 11.2 Å². The van der Waals surface area contributed by atoms with Crippen LogP contribution in [0.3, 0.4) is 0 Å². The molecule has 3 N–H and O–H groups in total. The summed E-state index contributed by atoms with van der Waals surface area (Å²) in [7, 11) is 0. The van der Waals surface area contributed by atoms with Gasteiger partial charge in [0.25, 0.3) is 0 Å². The molecule has 1 aromatic carbocycles. The molecule has 7 nitrogen and oxygen atoms in total. The lowest BCUT2D eigenvalue weighted by molar-refractivity contribution is -0.148. The van der Waals surface area contributed by atoms with E-state index in [1.807, 2.05) is 4.90 Å². The lowest BCUT2D eigenvalue weighted by atomic mass is 9.99. The van der Waals surface area contributed by atoms with Crippen molar-refractivity contribution in [1.82, 2.24) is 4.57 Å². The van der Waals surface area contributed by atoms with Crippen LogP contribution in [0.1, 0.15) is 19.8 Å². The summed E-state index contributed by atoms with van der Waals surface area (Å²) in [5.41, 5.74) is 5.14. The number of anilines is 1. The molecule has 0 amide bonds. The van der Waals surface area contributed by atoms with E-state index in [4.69, 9.17) is 10.5 Å². The summed E-state index contributed by atoms with van der Waals surface area (Å²) in [6, 6.07) is 2.42. The second-order valence-electron chi connectivity index (χ2n) is 8.20. The molecule has 1 saturated carbocycles. The van der Waals surface area contributed by atoms with Crippen LogP contribution in [0.5, 0.6) is 5.75 Å². The van der Waals surface area contributed by atoms with E-state index >= 15 is 4.39 Å². The number of hydrogen-bond acceptors (Lipinski definition) is 5. The molecule has 3 heterocycles. The van der Waals surface area contributed by atoms with E-state index in [-0.39, 0.29) is 40.3 Å². The number of hydrogen-bond donors (Lipinski definition) is 2. The third kappa shape index (κ3) is 2.04. The minimum absolute atomic E-state index is 0.0364. The Kier molecular flexibility index (Phi) is 3.07. The molecule has 1 aliphatic carbocycles. The van der Waals surface area contributed by atoms with Gasteiger partial charge in [-0.05, 0) is 25.8 Å². The SMILES string of the molecule is C[C@@]1(C(=O)O)COc2c(N3CC(N)C4(CC4)C3)c(F)cc3c(=O)ccn1c23. The molecule has 0 radical (unpaired) electrons. The maximum atomic E-state index is 15.1. The molecule has 2 aromatic rings. The quantitative estimate of drug-likeness (QED) is 0.823. The zero-order chi connectivity index (χ0) is 19.1. The molecule has 27 heavy (non-hydrogen) atoms. The van der Waals surface area contributed by atoms with Crippen molar-refractivity contribution in [2.45, 2.75) is 31.3 Å². The van der Waals surface area contributed by atoms with Crippen molar-refractivity contribution < 1.29 is 19.0 Å². The van der Waals surface area contributed by atoms with Gasteiger partial charge in [0.15, 0.2) is 22.5 Å². The standard InChI is InChI=1S/C19H20FN3O4/c1-18(17(25)26)9-27-16-14-10(12(24)2-5-23(14)18)6-11(20)15(16)22-7-13(21)19(8-22)3-4-19/h2,5-6,13H,3-4,7-9,21H2,1H3,(H,25,26)/t13?,18-/m0/s1. The zero-order valence-electron chi connectivity index (χ0n) is 14.9. The van der Waals surface area contributed by atoms with Gasteiger partial charge in [-0.3, -0.25) is 4.79 Å². The molecule has 1 aromatic heterocycles. The summed E-state index contributed by atoms with van der Waals surface area (Å²) in [6.45, 7) is 2.51. The molecule has 2 atom stereocenters. The monoisotopic (exact) mass is 373 g/mol. The van der Waals surface area contributed by atoms with Gasteiger partial charge < -0.3 is 25.0 Å². The molecule has 1 unspecified atom stereocenters. The van der Waals surface area contributed by atoms with Crippen molar-refractivity contribution >= 4 is 22.6 Å². The van der Waals surface area contributed by atoms with E-state index in [0.29, 0.717) is 18.6 Å². The molecular formula is C19H20FN3O4. The van der Waals surface area contributed by atoms with Crippen LogP contribution in [0.4, 0.5) is 10.1 Å². The van der Waals surface area contributed by atoms with Crippen LogP contribution < -0.4 is 20.8 Å². The van der Waals surface area contributed by atoms with Crippen LogP contribution in [0.2, 0.25) is 0 Å². The first-order chi connectivity index (χ1) is 12.8. The number of halogens is 1. The molecule has 2 fully saturated rings. The fraction of sp³-hybridized carbons (Fsp3) is 0.474. The van der Waals surface area contributed by atoms with E-state index < -0.39 is 17.3 Å². The number of aliphatic carboxylic acids is 1. The number of aromatic nitrogens is 1. The Morgan fingerprint density at radius 1 is 1.44 bits per heavy atom. The highest BCUT2D eigenvalue weighted by Crippen LogP contribution is 2.54. The molecule has 5 rings (SSSR count). The maximum absolute atomic E-state index is 15.1. The van der Waals surface area contributed by atoms with Gasteiger partial charge in [-0.1, -0.05) is 0 Å². The second-order valence-corrected chi connectivity index (χ2v) is 8.20. The topological polar surface area (TPSA) is 97.8 Å². The highest BCUT2D eigenvalue weighted by atomic mass is 19.1. The Labute approximate surface area is 154 Å². The first kappa shape index (κ1) is 16.6. The number of ether oxygens (including phenoxy) is 1. The first-order valence-corrected chi connectivity index (χ1v) is 9.02. The first-order valence-electron chi connectivity index (χ1n) is 9.02. The Morgan fingerprint density at radius 3 is 2.81 bits per heavy atom. The average Bonchev–Trinajstić information content (AvgIpc) is 3.32. The minimum atomic E-state index is -1.38. The predicted octanol–water partition coefficient (Wildman–Crippen LogP) is 1.26. The summed E-state index contributed by atoms with van der Waals surface area (Å²) in [6.07, 6.45) is 3.50. The molecule has 142 valence electrons. The highest BCUT2D eigenvalue weighted by Gasteiger charge is 2.54. The number of carboxylic acids is 1. The molecule has 2 aliphatic heterocycles. The lowest BCUT2D eigenvalue weighted by Gasteiger charge is -2.36. The average molecular weight is 373 g/mol. The van der Waals surface area contributed by atoms with E-state index in [1.165, 1.54) is 29.8 Å². The summed E-state index contributed by atoms with van der Waals surface area (Å²) in [5, 5.41) is 9.83. The third-order valence-electron chi connectivity index (χ3n) is 6.47. The molecule has 1 spiro atoms. The van der Waals surface area contributed by atoms with Crippen molar-refractivity contribution in [3.05, 3.63) is 34.4 Å². The van der Waals surface area contributed by atoms with E-state index in [2.05, 4.69) is 0 Å². The van der Waals surface area contributed by atoms with Crippen molar-refractivity contribution in [1.29, 1.82) is 0 Å². The number of carboxylic acid groups (broad SMARTS) is 1. The molecule has 8 heteroatoms. The number of pyridine rings is 1. The maximum Gasteiger partial charge on any atom is 0.333 e. The van der Waals surface area contributed by atoms with Gasteiger partial charge in [0, 0.05) is 36.8 Å². The molecule has 3 aliphatic rings. The van der Waals surface area contributed by atoms with Gasteiger partial charge in [0.05, 0.1) is 10.9 Å². The molecular weight excluding hydrogens is 353 g/mol. The van der Waals surface area contributed by atoms with Gasteiger partial charge in [-0.25, -0.2) is 9.18 Å². The van der Waals surface area contributed by atoms with E-state index in [9.17, 15) is 14.7 Å². The summed E-state index contributed by atoms with van der Waals surface area (Å²) < 4.78 is 22.4. The van der Waals surface area contributed by atoms with Crippen LogP contribution in [-0.4, -0.2) is 41.4 Å². The van der Waals surface area contributed by atoms with Crippen molar-refractivity contribution in [3.63, 3.8) is 0 Å². The number of nitrogens with zero attached hydrogens (tertiary/aromatic N) is 2. The van der Waals surface area contributed by atoms with Crippen molar-refractivity contribution in [3.8, 4) is 5.75 Å². The molecule has 1 saturated heterocycles. The van der Waals surface area contributed by atoms with Gasteiger partial charge in [0.2, 0.25) is 0 Å². The molecule has 0 bridgehead atoms. The Morgan fingerprint density at radius 2 is 2.19 bits per heavy atom. The minimum Gasteiger partial charge on any atom is -0.486 e. The third-order valence-corrected chi connectivity index (χ3v) is 6.47. The smallest absolute Gasteiger partial charge is 0.333 e. The van der Waals surface area contributed by atoms with Crippen LogP contribution in [0.15, 0.2) is 23.1 Å². The van der Waals surface area contributed by atoms with Gasteiger partial charge in [0.1, 0.15) is 12.3 Å². The Balaban J connectivity index is 1.78. The summed E-state index contributed by atoms with van der Waals surface area (Å²) in [4.78, 5) is 26.1. The van der Waals surface area contributed by atoms with Crippen molar-refractivity contribution in [2.75, 3.05) is 24.6 Å². The zero-order valence-corrected chi connectivity index (χ0v) is 14.9. The highest BCUT2D eigenvalue weighted by molar-refractivity contribution is 5.94. The van der Waals surface area contributed by atoms with Crippen LogP contribution in [0.25, 0.3) is 10.9 Å². The van der Waals surface area contributed by atoms with Crippen LogP contribution >= 0.6 is 0 Å².